The summed E-state index contributed by atoms with van der Waals surface area (Å²) in [5.74, 6) is 0.197. The maximum Gasteiger partial charge on any atom is 0.325 e. The van der Waals surface area contributed by atoms with Crippen LogP contribution in [0.3, 0.4) is 0 Å². The van der Waals surface area contributed by atoms with Crippen molar-refractivity contribution in [3.05, 3.63) is 66.2 Å². The van der Waals surface area contributed by atoms with Crippen LogP contribution in [0.5, 0.6) is 11.5 Å². The summed E-state index contributed by atoms with van der Waals surface area (Å²) in [6, 6.07) is 17.9. The van der Waals surface area contributed by atoms with Crippen molar-refractivity contribution in [3.63, 3.8) is 0 Å². The molecular formula is C25H23N3O5. The first-order valence-electron chi connectivity index (χ1n) is 10.8. The number of amides is 4. The Morgan fingerprint density at radius 2 is 1.76 bits per heavy atom. The Morgan fingerprint density at radius 1 is 1.00 bits per heavy atom. The van der Waals surface area contributed by atoms with Crippen LogP contribution in [0.4, 0.5) is 10.5 Å². The number of fused-ring (bicyclic) bond motifs is 2. The molecule has 1 fully saturated rings. The molecule has 0 bridgehead atoms. The number of benzene rings is 3. The van der Waals surface area contributed by atoms with Gasteiger partial charge in [0.25, 0.3) is 5.91 Å². The molecular weight excluding hydrogens is 422 g/mol. The van der Waals surface area contributed by atoms with Crippen LogP contribution in [0.15, 0.2) is 60.7 Å². The van der Waals surface area contributed by atoms with Gasteiger partial charge < -0.3 is 20.1 Å². The third-order valence-corrected chi connectivity index (χ3v) is 5.93. The number of anilines is 1. The monoisotopic (exact) mass is 445 g/mol. The largest absolute Gasteiger partial charge is 0.490 e. The number of carbonyl (C=O) groups is 3. The van der Waals surface area contributed by atoms with Crippen LogP contribution in [0, 0.1) is 0 Å². The van der Waals surface area contributed by atoms with Gasteiger partial charge in [-0.25, -0.2) is 4.79 Å². The van der Waals surface area contributed by atoms with Crippen molar-refractivity contribution in [1.29, 1.82) is 0 Å². The summed E-state index contributed by atoms with van der Waals surface area (Å²) in [6.45, 7) is 2.35. The highest BCUT2D eigenvalue weighted by Gasteiger charge is 2.49. The Balaban J connectivity index is 1.31. The molecule has 0 aliphatic carbocycles. The van der Waals surface area contributed by atoms with Gasteiger partial charge >= 0.3 is 6.03 Å². The fraction of sp³-hybridized carbons (Fsp3) is 0.240. The van der Waals surface area contributed by atoms with Gasteiger partial charge in [-0.1, -0.05) is 36.4 Å². The van der Waals surface area contributed by atoms with Gasteiger partial charge in [-0.05, 0) is 41.5 Å². The molecule has 2 heterocycles. The lowest BCUT2D eigenvalue weighted by Gasteiger charge is -2.22. The minimum atomic E-state index is -1.25. The van der Waals surface area contributed by atoms with Crippen molar-refractivity contribution in [3.8, 4) is 11.5 Å². The molecule has 0 unspecified atom stereocenters. The number of nitrogens with one attached hydrogen (secondary N) is 2. The lowest BCUT2D eigenvalue weighted by Crippen LogP contribution is -2.42. The number of ether oxygens (including phenoxy) is 2. The zero-order chi connectivity index (χ0) is 23.0. The van der Waals surface area contributed by atoms with E-state index in [-0.39, 0.29) is 0 Å². The van der Waals surface area contributed by atoms with E-state index in [2.05, 4.69) is 10.6 Å². The van der Waals surface area contributed by atoms with Crippen LogP contribution in [0.1, 0.15) is 18.9 Å². The highest BCUT2D eigenvalue weighted by Crippen LogP contribution is 2.33. The minimum Gasteiger partial charge on any atom is -0.490 e. The number of hydrogen-bond acceptors (Lipinski definition) is 5. The molecule has 8 heteroatoms. The maximum atomic E-state index is 13.2. The van der Waals surface area contributed by atoms with Gasteiger partial charge in [-0.15, -0.1) is 0 Å². The summed E-state index contributed by atoms with van der Waals surface area (Å²) < 4.78 is 11.2. The Labute approximate surface area is 190 Å². The predicted molar refractivity (Wildman–Crippen MR) is 122 cm³/mol. The summed E-state index contributed by atoms with van der Waals surface area (Å²) in [5.41, 5.74) is -0.102. The van der Waals surface area contributed by atoms with E-state index in [1.165, 1.54) is 0 Å². The molecule has 0 saturated carbocycles. The van der Waals surface area contributed by atoms with E-state index in [0.717, 1.165) is 22.1 Å². The standard InChI is InChI=1S/C25H23N3O5/c1-25(18-8-7-16-5-2-3-6-17(16)13-18)23(30)28(24(31)27-25)15-22(29)26-19-9-10-20-21(14-19)33-12-4-11-32-20/h2-3,5-10,13-14H,4,11-12,15H2,1H3,(H,26,29)(H,27,31)/t25-/m1/s1. The zero-order valence-corrected chi connectivity index (χ0v) is 18.1. The van der Waals surface area contributed by atoms with Gasteiger partial charge in [-0.2, -0.15) is 0 Å². The van der Waals surface area contributed by atoms with Gasteiger partial charge in [-0.3, -0.25) is 14.5 Å². The third kappa shape index (κ3) is 3.84. The van der Waals surface area contributed by atoms with Gasteiger partial charge in [0.1, 0.15) is 12.1 Å². The molecule has 2 aliphatic heterocycles. The Kier molecular flexibility index (Phi) is 5.12. The van der Waals surface area contributed by atoms with E-state index in [1.807, 2.05) is 42.5 Å². The second-order valence-corrected chi connectivity index (χ2v) is 8.27. The average molecular weight is 445 g/mol. The summed E-state index contributed by atoms with van der Waals surface area (Å²) >= 11 is 0. The normalized spacial score (nSPS) is 19.8. The zero-order valence-electron chi connectivity index (χ0n) is 18.1. The van der Waals surface area contributed by atoms with Crippen molar-refractivity contribution in [1.82, 2.24) is 10.2 Å². The SMILES string of the molecule is C[C@]1(c2ccc3ccccc3c2)NC(=O)N(CC(=O)Nc2ccc3c(c2)OCCCO3)C1=O. The highest BCUT2D eigenvalue weighted by molar-refractivity contribution is 6.10. The van der Waals surface area contributed by atoms with Crippen molar-refractivity contribution in [2.75, 3.05) is 25.1 Å². The van der Waals surface area contributed by atoms with Gasteiger partial charge in [0, 0.05) is 18.2 Å². The molecule has 33 heavy (non-hydrogen) atoms. The van der Waals surface area contributed by atoms with E-state index >= 15 is 0 Å². The minimum absolute atomic E-state index is 0.401. The number of imide groups is 1. The lowest BCUT2D eigenvalue weighted by atomic mass is 9.90. The topological polar surface area (TPSA) is 97.0 Å². The molecule has 168 valence electrons. The maximum absolute atomic E-state index is 13.2. The lowest BCUT2D eigenvalue weighted by molar-refractivity contribution is -0.133. The van der Waals surface area contributed by atoms with E-state index in [1.54, 1.807) is 25.1 Å². The molecule has 1 saturated heterocycles. The first-order valence-corrected chi connectivity index (χ1v) is 10.8. The molecule has 5 rings (SSSR count). The van der Waals surface area contributed by atoms with Gasteiger partial charge in [0.15, 0.2) is 11.5 Å². The van der Waals surface area contributed by atoms with Crippen LogP contribution >= 0.6 is 0 Å². The molecule has 0 aromatic heterocycles. The number of hydrogen-bond donors (Lipinski definition) is 2. The van der Waals surface area contributed by atoms with Crippen molar-refractivity contribution in [2.24, 2.45) is 0 Å². The molecule has 3 aromatic rings. The first-order chi connectivity index (χ1) is 15.9. The summed E-state index contributed by atoms with van der Waals surface area (Å²) in [4.78, 5) is 39.4. The van der Waals surface area contributed by atoms with Crippen molar-refractivity contribution in [2.45, 2.75) is 18.9 Å². The van der Waals surface area contributed by atoms with Gasteiger partial charge in [0.05, 0.1) is 13.2 Å². The molecule has 2 aliphatic rings. The Morgan fingerprint density at radius 3 is 2.58 bits per heavy atom. The summed E-state index contributed by atoms with van der Waals surface area (Å²) in [5, 5.41) is 7.47. The van der Waals surface area contributed by atoms with Crippen LogP contribution in [0.2, 0.25) is 0 Å². The smallest absolute Gasteiger partial charge is 0.325 e. The fourth-order valence-electron chi connectivity index (χ4n) is 4.12. The molecule has 3 aromatic carbocycles. The highest BCUT2D eigenvalue weighted by atomic mass is 16.5. The third-order valence-electron chi connectivity index (χ3n) is 5.93. The molecule has 1 atom stereocenters. The number of nitrogens with zero attached hydrogens (tertiary/aromatic N) is 1. The average Bonchev–Trinajstić information content (AvgIpc) is 2.97. The predicted octanol–water partition coefficient (Wildman–Crippen LogP) is 3.41. The second-order valence-electron chi connectivity index (χ2n) is 8.27. The van der Waals surface area contributed by atoms with Crippen molar-refractivity contribution >= 4 is 34.3 Å². The van der Waals surface area contributed by atoms with Crippen LogP contribution in [0.25, 0.3) is 10.8 Å². The molecule has 8 nitrogen and oxygen atoms in total. The molecule has 0 radical (unpaired) electrons. The quantitative estimate of drug-likeness (QED) is 0.600. The van der Waals surface area contributed by atoms with Crippen LogP contribution < -0.4 is 20.1 Å². The Bertz CT molecular complexity index is 1270. The first kappa shape index (κ1) is 20.8. The van der Waals surface area contributed by atoms with Crippen LogP contribution in [-0.4, -0.2) is 42.5 Å². The number of rotatable bonds is 4. The summed E-state index contributed by atoms with van der Waals surface area (Å²) in [7, 11) is 0. The van der Waals surface area contributed by atoms with E-state index in [9.17, 15) is 14.4 Å². The van der Waals surface area contributed by atoms with E-state index in [4.69, 9.17) is 9.47 Å². The Hall–Kier alpha value is -4.07. The molecule has 2 N–H and O–H groups in total. The van der Waals surface area contributed by atoms with Gasteiger partial charge in [0.2, 0.25) is 5.91 Å². The number of carbonyl (C=O) groups excluding carboxylic acids is 3. The van der Waals surface area contributed by atoms with E-state index < -0.39 is 29.9 Å². The number of urea groups is 1. The van der Waals surface area contributed by atoms with Crippen molar-refractivity contribution < 1.29 is 23.9 Å². The molecule has 0 spiro atoms. The molecule has 4 amide bonds. The fourth-order valence-corrected chi connectivity index (χ4v) is 4.12. The second kappa shape index (κ2) is 8.12. The van der Waals surface area contributed by atoms with E-state index in [0.29, 0.717) is 36.0 Å². The summed E-state index contributed by atoms with van der Waals surface area (Å²) in [6.07, 6.45) is 0.776. The van der Waals surface area contributed by atoms with Crippen LogP contribution in [-0.2, 0) is 15.1 Å².